The average molecular weight is 700 g/mol. The summed E-state index contributed by atoms with van der Waals surface area (Å²) in [7, 11) is 0. The normalized spacial score (nSPS) is 20.2. The van der Waals surface area contributed by atoms with E-state index in [1.54, 1.807) is 60.7 Å². The summed E-state index contributed by atoms with van der Waals surface area (Å²) in [4.78, 5) is 87.0. The van der Waals surface area contributed by atoms with Gasteiger partial charge in [0.15, 0.2) is 18.4 Å². The van der Waals surface area contributed by atoms with E-state index in [2.05, 4.69) is 16.0 Å². The highest BCUT2D eigenvalue weighted by atomic mass is 16.6. The molecule has 1 aliphatic heterocycles. The van der Waals surface area contributed by atoms with Crippen molar-refractivity contribution in [2.75, 3.05) is 6.61 Å². The van der Waals surface area contributed by atoms with Gasteiger partial charge in [0.1, 0.15) is 38.0 Å². The number of carbonyl (C=O) groups is 7. The molecule has 0 aromatic heterocycles. The Morgan fingerprint density at radius 1 is 0.700 bits per heavy atom. The highest BCUT2D eigenvalue weighted by Gasteiger charge is 2.51. The quantitative estimate of drug-likeness (QED) is 0.178. The molecule has 1 heterocycles. The van der Waals surface area contributed by atoms with E-state index >= 15 is 0 Å². The van der Waals surface area contributed by atoms with Crippen molar-refractivity contribution in [2.24, 2.45) is 0 Å². The van der Waals surface area contributed by atoms with E-state index in [-0.39, 0.29) is 26.1 Å². The van der Waals surface area contributed by atoms with E-state index in [4.69, 9.17) is 28.4 Å². The third-order valence-corrected chi connectivity index (χ3v) is 7.09. The predicted molar refractivity (Wildman–Crippen MR) is 171 cm³/mol. The second-order valence-corrected chi connectivity index (χ2v) is 11.2. The molecule has 1 fully saturated rings. The second kappa shape index (κ2) is 19.5. The van der Waals surface area contributed by atoms with Gasteiger partial charge in [-0.2, -0.15) is 0 Å². The molecule has 3 N–H and O–H groups in total. The van der Waals surface area contributed by atoms with Gasteiger partial charge < -0.3 is 44.4 Å². The van der Waals surface area contributed by atoms with Gasteiger partial charge >= 0.3 is 30.0 Å². The third-order valence-electron chi connectivity index (χ3n) is 7.09. The molecule has 2 aromatic carbocycles. The third kappa shape index (κ3) is 13.2. The first-order valence-electron chi connectivity index (χ1n) is 15.7. The van der Waals surface area contributed by atoms with Crippen molar-refractivity contribution in [1.29, 1.82) is 0 Å². The molecule has 6 atom stereocenters. The molecule has 2 aromatic rings. The van der Waals surface area contributed by atoms with Crippen LogP contribution in [0.25, 0.3) is 0 Å². The van der Waals surface area contributed by atoms with Gasteiger partial charge in [0.2, 0.25) is 11.8 Å². The van der Waals surface area contributed by atoms with Crippen molar-refractivity contribution < 1.29 is 62.0 Å². The zero-order chi connectivity index (χ0) is 36.6. The van der Waals surface area contributed by atoms with Crippen LogP contribution >= 0.6 is 0 Å². The minimum absolute atomic E-state index is 0.0746. The zero-order valence-corrected chi connectivity index (χ0v) is 28.1. The van der Waals surface area contributed by atoms with Gasteiger partial charge in [-0.05, 0) is 17.5 Å². The summed E-state index contributed by atoms with van der Waals surface area (Å²) >= 11 is 0. The Balaban J connectivity index is 1.77. The van der Waals surface area contributed by atoms with Gasteiger partial charge in [-0.25, -0.2) is 9.59 Å². The average Bonchev–Trinajstić information content (AvgIpc) is 3.06. The minimum Gasteiger partial charge on any atom is -0.463 e. The molecule has 6 unspecified atom stereocenters. The van der Waals surface area contributed by atoms with E-state index in [1.807, 2.05) is 0 Å². The van der Waals surface area contributed by atoms with E-state index in [1.165, 1.54) is 6.92 Å². The van der Waals surface area contributed by atoms with Crippen LogP contribution in [0.1, 0.15) is 51.7 Å². The van der Waals surface area contributed by atoms with Crippen LogP contribution < -0.4 is 16.0 Å². The smallest absolute Gasteiger partial charge is 0.408 e. The molecule has 1 saturated heterocycles. The maximum atomic E-state index is 13.3. The fourth-order valence-corrected chi connectivity index (χ4v) is 4.95. The summed E-state index contributed by atoms with van der Waals surface area (Å²) in [6.07, 6.45) is -6.95. The molecule has 16 nitrogen and oxygen atoms in total. The van der Waals surface area contributed by atoms with Crippen LogP contribution in [0.5, 0.6) is 0 Å². The van der Waals surface area contributed by atoms with Crippen molar-refractivity contribution in [3.8, 4) is 0 Å². The Bertz CT molecular complexity index is 1490. The summed E-state index contributed by atoms with van der Waals surface area (Å²) in [6.45, 7) is 3.87. The standard InChI is InChI=1S/C34H41N3O13/c1-20(38)35-29-31(49-23(4)41)30(48-22(3)40)27(19-45-21(2)39)50-32(29)37-28(42)16-15-26(33(43)46-17-24-11-7-5-8-12-24)36-34(44)47-18-25-13-9-6-10-14-25/h5-14,26-27,29-32H,15-19H2,1-4H3,(H,35,38)(H,36,44)(H,37,42). The van der Waals surface area contributed by atoms with Crippen molar-refractivity contribution in [2.45, 2.75) is 90.4 Å². The summed E-state index contributed by atoms with van der Waals surface area (Å²) < 4.78 is 32.5. The number of hydrogen-bond acceptors (Lipinski definition) is 13. The molecule has 3 amide bonds. The zero-order valence-electron chi connectivity index (χ0n) is 28.1. The molecule has 1 aliphatic rings. The molecular weight excluding hydrogens is 658 g/mol. The lowest BCUT2D eigenvalue weighted by Crippen LogP contribution is -2.69. The molecule has 16 heteroatoms. The molecule has 0 spiro atoms. The first-order valence-corrected chi connectivity index (χ1v) is 15.7. The van der Waals surface area contributed by atoms with Crippen molar-refractivity contribution in [1.82, 2.24) is 16.0 Å². The monoisotopic (exact) mass is 699 g/mol. The van der Waals surface area contributed by atoms with Crippen molar-refractivity contribution in [3.05, 3.63) is 71.8 Å². The lowest BCUT2D eigenvalue weighted by molar-refractivity contribution is -0.228. The molecule has 0 radical (unpaired) electrons. The van der Waals surface area contributed by atoms with Gasteiger partial charge in [0.05, 0.1) is 0 Å². The Kier molecular flexibility index (Phi) is 15.2. The van der Waals surface area contributed by atoms with Crippen LogP contribution in [-0.2, 0) is 70.4 Å². The number of amides is 3. The molecule has 0 bridgehead atoms. The Labute approximate surface area is 288 Å². The van der Waals surface area contributed by atoms with E-state index < -0.39 is 85.0 Å². The largest absolute Gasteiger partial charge is 0.463 e. The number of nitrogens with one attached hydrogen (secondary N) is 3. The maximum absolute atomic E-state index is 13.3. The number of esters is 4. The SMILES string of the molecule is CC(=O)NC1C(NC(=O)CCC(NC(=O)OCc2ccccc2)C(=O)OCc2ccccc2)OC(COC(C)=O)C(OC(C)=O)C1OC(C)=O. The topological polar surface area (TPSA) is 211 Å². The second-order valence-electron chi connectivity index (χ2n) is 11.2. The number of rotatable bonds is 15. The van der Waals surface area contributed by atoms with Crippen molar-refractivity contribution >= 4 is 41.8 Å². The van der Waals surface area contributed by atoms with Gasteiger partial charge in [-0.15, -0.1) is 0 Å². The summed E-state index contributed by atoms with van der Waals surface area (Å²) in [6, 6.07) is 15.1. The number of ether oxygens (including phenoxy) is 6. The van der Waals surface area contributed by atoms with Crippen LogP contribution in [-0.4, -0.2) is 85.0 Å². The summed E-state index contributed by atoms with van der Waals surface area (Å²) in [5.74, 6) is -4.43. The lowest BCUT2D eigenvalue weighted by atomic mass is 9.95. The van der Waals surface area contributed by atoms with Crippen LogP contribution in [0.4, 0.5) is 4.79 Å². The van der Waals surface area contributed by atoms with Gasteiger partial charge in [-0.3, -0.25) is 24.0 Å². The van der Waals surface area contributed by atoms with Crippen LogP contribution in [0.15, 0.2) is 60.7 Å². The number of hydrogen-bond donors (Lipinski definition) is 3. The molecule has 270 valence electrons. The molecule has 3 rings (SSSR count). The first kappa shape index (κ1) is 38.9. The maximum Gasteiger partial charge on any atom is 0.408 e. The highest BCUT2D eigenvalue weighted by Crippen LogP contribution is 2.26. The Morgan fingerprint density at radius 3 is 1.80 bits per heavy atom. The van der Waals surface area contributed by atoms with Gasteiger partial charge in [0.25, 0.3) is 0 Å². The van der Waals surface area contributed by atoms with E-state index in [9.17, 15) is 33.6 Å². The first-order chi connectivity index (χ1) is 23.8. The van der Waals surface area contributed by atoms with E-state index in [0.29, 0.717) is 11.1 Å². The molecule has 50 heavy (non-hydrogen) atoms. The molecule has 0 aliphatic carbocycles. The van der Waals surface area contributed by atoms with Crippen LogP contribution in [0.2, 0.25) is 0 Å². The fourth-order valence-electron chi connectivity index (χ4n) is 4.95. The number of carbonyl (C=O) groups excluding carboxylic acids is 7. The Hall–Kier alpha value is -5.51. The van der Waals surface area contributed by atoms with Crippen LogP contribution in [0, 0.1) is 0 Å². The molecule has 0 saturated carbocycles. The molecular formula is C34H41N3O13. The van der Waals surface area contributed by atoms with Gasteiger partial charge in [-0.1, -0.05) is 60.7 Å². The summed E-state index contributed by atoms with van der Waals surface area (Å²) in [5, 5.41) is 7.57. The lowest BCUT2D eigenvalue weighted by Gasteiger charge is -2.45. The van der Waals surface area contributed by atoms with E-state index in [0.717, 1.165) is 20.8 Å². The number of alkyl carbamates (subject to hydrolysis) is 1. The Morgan fingerprint density at radius 2 is 1.26 bits per heavy atom. The number of benzene rings is 2. The fraction of sp³-hybridized carbons (Fsp3) is 0.441. The predicted octanol–water partition coefficient (Wildman–Crippen LogP) is 1.58. The van der Waals surface area contributed by atoms with Crippen molar-refractivity contribution in [3.63, 3.8) is 0 Å². The van der Waals surface area contributed by atoms with Crippen LogP contribution in [0.3, 0.4) is 0 Å². The highest BCUT2D eigenvalue weighted by molar-refractivity contribution is 5.83. The minimum atomic E-state index is -1.41. The summed E-state index contributed by atoms with van der Waals surface area (Å²) in [5.41, 5.74) is 1.40. The van der Waals surface area contributed by atoms with Gasteiger partial charge in [0, 0.05) is 34.1 Å².